The first-order valence-corrected chi connectivity index (χ1v) is 7.98. The van der Waals surface area contributed by atoms with Crippen LogP contribution in [0.3, 0.4) is 0 Å². The molecule has 2 atom stereocenters. The predicted octanol–water partition coefficient (Wildman–Crippen LogP) is 2.55. The quantitative estimate of drug-likeness (QED) is 0.852. The summed E-state index contributed by atoms with van der Waals surface area (Å²) in [6.07, 6.45) is 1.81. The van der Waals surface area contributed by atoms with Crippen LogP contribution in [0, 0.1) is 11.7 Å². The van der Waals surface area contributed by atoms with Crippen LogP contribution in [0.5, 0.6) is 0 Å². The predicted molar refractivity (Wildman–Crippen MR) is 83.7 cm³/mol. The second kappa shape index (κ2) is 6.52. The minimum atomic E-state index is -0.494. The molecule has 2 saturated heterocycles. The summed E-state index contributed by atoms with van der Waals surface area (Å²) in [5.41, 5.74) is 0.576. The van der Waals surface area contributed by atoms with E-state index in [-0.39, 0.29) is 17.0 Å². The van der Waals surface area contributed by atoms with E-state index in [1.54, 1.807) is 11.0 Å². The molecule has 2 fully saturated rings. The molecule has 1 amide bonds. The Balaban J connectivity index is 1.67. The highest BCUT2D eigenvalue weighted by Gasteiger charge is 2.36. The summed E-state index contributed by atoms with van der Waals surface area (Å²) >= 11 is 5.70. The molecule has 1 aromatic rings. The average Bonchev–Trinajstić information content (AvgIpc) is 3.11. The molecule has 4 nitrogen and oxygen atoms in total. The molecule has 0 unspecified atom stereocenters. The van der Waals surface area contributed by atoms with Gasteiger partial charge in [0.05, 0.1) is 17.7 Å². The fourth-order valence-corrected chi connectivity index (χ4v) is 3.36. The van der Waals surface area contributed by atoms with Crippen LogP contribution in [0.1, 0.15) is 12.8 Å². The van der Waals surface area contributed by atoms with E-state index in [0.717, 1.165) is 32.6 Å². The molecule has 0 aromatic heterocycles. The van der Waals surface area contributed by atoms with Crippen molar-refractivity contribution in [3.8, 4) is 0 Å². The number of amides is 1. The molecule has 3 rings (SSSR count). The van der Waals surface area contributed by atoms with Crippen molar-refractivity contribution < 1.29 is 13.9 Å². The molecule has 1 aromatic carbocycles. The lowest BCUT2D eigenvalue weighted by atomic mass is 10.1. The summed E-state index contributed by atoms with van der Waals surface area (Å²) in [7, 11) is 1.98. The molecule has 0 N–H and O–H groups in total. The van der Waals surface area contributed by atoms with Gasteiger partial charge in [0.25, 0.3) is 0 Å². The van der Waals surface area contributed by atoms with E-state index < -0.39 is 5.82 Å². The summed E-state index contributed by atoms with van der Waals surface area (Å²) in [6.45, 7) is 3.06. The topological polar surface area (TPSA) is 32.8 Å². The van der Waals surface area contributed by atoms with Crippen LogP contribution in [0.2, 0.25) is 5.02 Å². The van der Waals surface area contributed by atoms with Crippen LogP contribution < -0.4 is 4.90 Å². The van der Waals surface area contributed by atoms with Crippen molar-refractivity contribution in [3.63, 3.8) is 0 Å². The monoisotopic (exact) mass is 326 g/mol. The SMILES string of the molecule is CN(C[C@H]1CCOC1)[C@H]1CCN(c2ccc(Cl)c(F)c2)C1=O. The zero-order valence-electron chi connectivity index (χ0n) is 12.6. The lowest BCUT2D eigenvalue weighted by Gasteiger charge is -2.26. The average molecular weight is 327 g/mol. The Morgan fingerprint density at radius 3 is 2.95 bits per heavy atom. The van der Waals surface area contributed by atoms with E-state index in [2.05, 4.69) is 4.90 Å². The van der Waals surface area contributed by atoms with Gasteiger partial charge in [-0.05, 0) is 44.0 Å². The maximum Gasteiger partial charge on any atom is 0.244 e. The largest absolute Gasteiger partial charge is 0.381 e. The first-order chi connectivity index (χ1) is 10.6. The number of hydrogen-bond donors (Lipinski definition) is 0. The van der Waals surface area contributed by atoms with E-state index in [0.29, 0.717) is 18.2 Å². The highest BCUT2D eigenvalue weighted by molar-refractivity contribution is 6.30. The van der Waals surface area contributed by atoms with Gasteiger partial charge in [0.15, 0.2) is 0 Å². The summed E-state index contributed by atoms with van der Waals surface area (Å²) in [5.74, 6) is 0.0369. The van der Waals surface area contributed by atoms with Crippen LogP contribution in [-0.2, 0) is 9.53 Å². The van der Waals surface area contributed by atoms with Crippen molar-refractivity contribution in [2.45, 2.75) is 18.9 Å². The van der Waals surface area contributed by atoms with Gasteiger partial charge in [-0.3, -0.25) is 9.69 Å². The number of carbonyl (C=O) groups is 1. The normalized spacial score (nSPS) is 25.5. The fraction of sp³-hybridized carbons (Fsp3) is 0.562. The Kier molecular flexibility index (Phi) is 4.66. The standard InChI is InChI=1S/C16H20ClFN2O2/c1-19(9-11-5-7-22-10-11)15-4-6-20(16(15)21)12-2-3-13(17)14(18)8-12/h2-3,8,11,15H,4-7,9-10H2,1H3/t11-,15+/m1/s1. The molecule has 2 aliphatic heterocycles. The van der Waals surface area contributed by atoms with Crippen molar-refractivity contribution in [1.82, 2.24) is 4.90 Å². The Morgan fingerprint density at radius 1 is 1.45 bits per heavy atom. The van der Waals surface area contributed by atoms with Crippen molar-refractivity contribution in [1.29, 1.82) is 0 Å². The Hall–Kier alpha value is -1.17. The van der Waals surface area contributed by atoms with Crippen molar-refractivity contribution in [2.75, 3.05) is 38.3 Å². The first kappa shape index (κ1) is 15.7. The summed E-state index contributed by atoms with van der Waals surface area (Å²) in [5, 5.41) is 0.0743. The van der Waals surface area contributed by atoms with Crippen molar-refractivity contribution in [3.05, 3.63) is 29.0 Å². The number of nitrogens with zero attached hydrogens (tertiary/aromatic N) is 2. The van der Waals surface area contributed by atoms with Gasteiger partial charge in [-0.25, -0.2) is 4.39 Å². The van der Waals surface area contributed by atoms with E-state index >= 15 is 0 Å². The molecule has 0 aliphatic carbocycles. The van der Waals surface area contributed by atoms with Gasteiger partial charge >= 0.3 is 0 Å². The number of rotatable bonds is 4. The van der Waals surface area contributed by atoms with Gasteiger partial charge in [-0.1, -0.05) is 11.6 Å². The van der Waals surface area contributed by atoms with Gasteiger partial charge in [-0.2, -0.15) is 0 Å². The lowest BCUT2D eigenvalue weighted by molar-refractivity contribution is -0.121. The molecule has 0 spiro atoms. The number of benzene rings is 1. The van der Waals surface area contributed by atoms with Crippen LogP contribution in [0.15, 0.2) is 18.2 Å². The summed E-state index contributed by atoms with van der Waals surface area (Å²) < 4.78 is 19.0. The summed E-state index contributed by atoms with van der Waals surface area (Å²) in [4.78, 5) is 16.4. The van der Waals surface area contributed by atoms with E-state index in [1.807, 2.05) is 7.05 Å². The third kappa shape index (κ3) is 3.12. The van der Waals surface area contributed by atoms with Gasteiger partial charge < -0.3 is 9.64 Å². The van der Waals surface area contributed by atoms with E-state index in [9.17, 15) is 9.18 Å². The van der Waals surface area contributed by atoms with Gasteiger partial charge in [-0.15, -0.1) is 0 Å². The number of likely N-dealkylation sites (N-methyl/N-ethyl adjacent to an activating group) is 1. The van der Waals surface area contributed by atoms with E-state index in [4.69, 9.17) is 16.3 Å². The van der Waals surface area contributed by atoms with Gasteiger partial charge in [0.2, 0.25) is 5.91 Å². The van der Waals surface area contributed by atoms with Crippen LogP contribution in [0.4, 0.5) is 10.1 Å². The zero-order valence-corrected chi connectivity index (χ0v) is 13.4. The van der Waals surface area contributed by atoms with Crippen molar-refractivity contribution in [2.24, 2.45) is 5.92 Å². The van der Waals surface area contributed by atoms with Crippen molar-refractivity contribution >= 4 is 23.2 Å². The second-order valence-electron chi connectivity index (χ2n) is 6.06. The minimum Gasteiger partial charge on any atom is -0.381 e. The Labute approximate surface area is 134 Å². The number of ether oxygens (including phenoxy) is 1. The molecule has 0 radical (unpaired) electrons. The molecular weight excluding hydrogens is 307 g/mol. The molecule has 22 heavy (non-hydrogen) atoms. The van der Waals surface area contributed by atoms with Crippen LogP contribution in [0.25, 0.3) is 0 Å². The molecule has 6 heteroatoms. The molecule has 0 bridgehead atoms. The second-order valence-corrected chi connectivity index (χ2v) is 6.47. The fourth-order valence-electron chi connectivity index (χ4n) is 3.24. The third-order valence-electron chi connectivity index (χ3n) is 4.49. The zero-order chi connectivity index (χ0) is 15.7. The summed E-state index contributed by atoms with van der Waals surface area (Å²) in [6, 6.07) is 4.37. The first-order valence-electron chi connectivity index (χ1n) is 7.60. The third-order valence-corrected chi connectivity index (χ3v) is 4.80. The molecule has 0 saturated carbocycles. The lowest BCUT2D eigenvalue weighted by Crippen LogP contribution is -2.42. The molecule has 120 valence electrons. The van der Waals surface area contributed by atoms with Gasteiger partial charge in [0.1, 0.15) is 5.82 Å². The highest BCUT2D eigenvalue weighted by Crippen LogP contribution is 2.28. The smallest absolute Gasteiger partial charge is 0.244 e. The van der Waals surface area contributed by atoms with Crippen LogP contribution in [-0.4, -0.2) is 50.2 Å². The number of hydrogen-bond acceptors (Lipinski definition) is 3. The maximum atomic E-state index is 13.6. The van der Waals surface area contributed by atoms with Gasteiger partial charge in [0, 0.05) is 25.4 Å². The number of carbonyl (C=O) groups excluding carboxylic acids is 1. The Bertz CT molecular complexity index is 563. The highest BCUT2D eigenvalue weighted by atomic mass is 35.5. The molecular formula is C16H20ClFN2O2. The molecule has 2 aliphatic rings. The Morgan fingerprint density at radius 2 is 2.27 bits per heavy atom. The van der Waals surface area contributed by atoms with E-state index in [1.165, 1.54) is 12.1 Å². The minimum absolute atomic E-state index is 0.0307. The maximum absolute atomic E-state index is 13.6. The number of anilines is 1. The number of halogens is 2. The van der Waals surface area contributed by atoms with Crippen LogP contribution >= 0.6 is 11.6 Å². The molecule has 2 heterocycles.